The molecule has 18 heavy (non-hydrogen) atoms. The Morgan fingerprint density at radius 3 is 0.944 bits per heavy atom. The van der Waals surface area contributed by atoms with Crippen molar-refractivity contribution in [1.29, 1.82) is 0 Å². The monoisotopic (exact) mass is 268 g/mol. The minimum Gasteiger partial charge on any atom is -0.481 e. The molecule has 0 fully saturated rings. The number of carbonyl (C=O) groups is 4. The van der Waals surface area contributed by atoms with Crippen molar-refractivity contribution in [3.63, 3.8) is 0 Å². The second-order valence-electron chi connectivity index (χ2n) is 2.90. The molecule has 0 aromatic rings. The molecule has 0 saturated carbocycles. The Bertz CT molecular complexity index is 290. The first-order valence-electron chi connectivity index (χ1n) is 4.33. The van der Waals surface area contributed by atoms with Crippen molar-refractivity contribution in [2.24, 2.45) is 0 Å². The molecule has 0 rings (SSSR count). The summed E-state index contributed by atoms with van der Waals surface area (Å²) >= 11 is 0. The van der Waals surface area contributed by atoms with E-state index in [0.29, 0.717) is 0 Å². The quantitative estimate of drug-likeness (QED) is 0.308. The molecule has 0 saturated heterocycles. The van der Waals surface area contributed by atoms with E-state index in [1.165, 1.54) is 0 Å². The second-order valence-corrected chi connectivity index (χ2v) is 2.90. The SMILES string of the molecule is O=C(O)CC(O)C(=O)O.O=C(O)CC(O)C(=O)O. The van der Waals surface area contributed by atoms with Crippen LogP contribution in [0.2, 0.25) is 0 Å². The molecule has 10 heteroatoms. The Labute approximate surface area is 99.7 Å². The minimum atomic E-state index is -1.79. The van der Waals surface area contributed by atoms with Crippen LogP contribution in [0.3, 0.4) is 0 Å². The van der Waals surface area contributed by atoms with Gasteiger partial charge >= 0.3 is 23.9 Å². The van der Waals surface area contributed by atoms with Crippen molar-refractivity contribution < 1.29 is 49.8 Å². The van der Waals surface area contributed by atoms with Gasteiger partial charge in [0.2, 0.25) is 0 Å². The maximum atomic E-state index is 9.72. The molecule has 0 amide bonds. The molecule has 0 bridgehead atoms. The van der Waals surface area contributed by atoms with Crippen LogP contribution in [0.5, 0.6) is 0 Å². The number of hydrogen-bond acceptors (Lipinski definition) is 6. The van der Waals surface area contributed by atoms with Crippen LogP contribution < -0.4 is 0 Å². The number of carboxylic acid groups (broad SMARTS) is 4. The van der Waals surface area contributed by atoms with Gasteiger partial charge in [-0.05, 0) is 0 Å². The van der Waals surface area contributed by atoms with Gasteiger partial charge in [0.25, 0.3) is 0 Å². The molecule has 2 unspecified atom stereocenters. The first-order valence-corrected chi connectivity index (χ1v) is 4.33. The summed E-state index contributed by atoms with van der Waals surface area (Å²) in [4.78, 5) is 38.8. The Hall–Kier alpha value is -2.20. The van der Waals surface area contributed by atoms with Crippen LogP contribution in [0.4, 0.5) is 0 Å². The molecule has 0 heterocycles. The molecule has 0 aliphatic heterocycles. The Balaban J connectivity index is 0. The molecule has 0 aliphatic rings. The highest BCUT2D eigenvalue weighted by atomic mass is 16.4. The predicted octanol–water partition coefficient (Wildman–Crippen LogP) is -2.19. The number of aliphatic hydroxyl groups excluding tert-OH is 2. The van der Waals surface area contributed by atoms with Gasteiger partial charge in [-0.25, -0.2) is 9.59 Å². The normalized spacial score (nSPS) is 12.6. The fraction of sp³-hybridized carbons (Fsp3) is 0.500. The van der Waals surface area contributed by atoms with Crippen LogP contribution in [0.1, 0.15) is 12.8 Å². The van der Waals surface area contributed by atoms with E-state index in [1.807, 2.05) is 0 Å². The van der Waals surface area contributed by atoms with E-state index in [4.69, 9.17) is 30.6 Å². The van der Waals surface area contributed by atoms with E-state index in [2.05, 4.69) is 0 Å². The van der Waals surface area contributed by atoms with Gasteiger partial charge in [-0.3, -0.25) is 9.59 Å². The number of aliphatic hydroxyl groups is 2. The van der Waals surface area contributed by atoms with Gasteiger partial charge in [0.1, 0.15) is 0 Å². The third kappa shape index (κ3) is 11.9. The summed E-state index contributed by atoms with van der Waals surface area (Å²) < 4.78 is 0. The van der Waals surface area contributed by atoms with Crippen LogP contribution in [0, 0.1) is 0 Å². The summed E-state index contributed by atoms with van der Waals surface area (Å²) in [5.41, 5.74) is 0. The van der Waals surface area contributed by atoms with Gasteiger partial charge in [-0.2, -0.15) is 0 Å². The lowest BCUT2D eigenvalue weighted by molar-refractivity contribution is -0.153. The summed E-state index contributed by atoms with van der Waals surface area (Å²) in [6.45, 7) is 0. The van der Waals surface area contributed by atoms with E-state index in [-0.39, 0.29) is 0 Å². The van der Waals surface area contributed by atoms with E-state index < -0.39 is 48.9 Å². The molecular formula is C8H12O10. The first-order chi connectivity index (χ1) is 8.07. The molecule has 2 atom stereocenters. The summed E-state index contributed by atoms with van der Waals surface area (Å²) in [7, 11) is 0. The predicted molar refractivity (Wildman–Crippen MR) is 51.8 cm³/mol. The average molecular weight is 268 g/mol. The fourth-order valence-corrected chi connectivity index (χ4v) is 0.505. The van der Waals surface area contributed by atoms with Gasteiger partial charge in [0.15, 0.2) is 12.2 Å². The van der Waals surface area contributed by atoms with Gasteiger partial charge in [0, 0.05) is 0 Å². The molecule has 0 radical (unpaired) electrons. The van der Waals surface area contributed by atoms with Gasteiger partial charge in [0.05, 0.1) is 12.8 Å². The summed E-state index contributed by atoms with van der Waals surface area (Å²) in [5.74, 6) is -5.69. The summed E-state index contributed by atoms with van der Waals surface area (Å²) in [6, 6.07) is 0. The third-order valence-electron chi connectivity index (χ3n) is 1.31. The molecule has 6 N–H and O–H groups in total. The Morgan fingerprint density at radius 2 is 0.889 bits per heavy atom. The topological polar surface area (TPSA) is 190 Å². The zero-order chi connectivity index (χ0) is 14.9. The van der Waals surface area contributed by atoms with Crippen molar-refractivity contribution in [2.75, 3.05) is 0 Å². The van der Waals surface area contributed by atoms with E-state index in [1.54, 1.807) is 0 Å². The fourth-order valence-electron chi connectivity index (χ4n) is 0.505. The smallest absolute Gasteiger partial charge is 0.333 e. The standard InChI is InChI=1S/2C4H6O5/c2*5-2(4(8)9)1-3(6)7/h2*2,5H,1H2,(H,6,7)(H,8,9). The van der Waals surface area contributed by atoms with Gasteiger partial charge in [-0.15, -0.1) is 0 Å². The molecule has 0 spiro atoms. The molecule has 0 aromatic heterocycles. The average Bonchev–Trinajstić information content (AvgIpc) is 2.16. The zero-order valence-corrected chi connectivity index (χ0v) is 8.89. The highest BCUT2D eigenvalue weighted by Crippen LogP contribution is 1.90. The van der Waals surface area contributed by atoms with E-state index in [0.717, 1.165) is 0 Å². The molecular weight excluding hydrogens is 256 g/mol. The Kier molecular flexibility index (Phi) is 8.98. The van der Waals surface area contributed by atoms with Crippen molar-refractivity contribution >= 4 is 23.9 Å². The lowest BCUT2D eigenvalue weighted by atomic mass is 10.3. The number of rotatable bonds is 6. The number of hydrogen-bond donors (Lipinski definition) is 6. The third-order valence-corrected chi connectivity index (χ3v) is 1.31. The van der Waals surface area contributed by atoms with E-state index in [9.17, 15) is 19.2 Å². The van der Waals surface area contributed by atoms with Crippen LogP contribution in [-0.4, -0.2) is 66.7 Å². The highest BCUT2D eigenvalue weighted by Gasteiger charge is 2.16. The second kappa shape index (κ2) is 8.90. The van der Waals surface area contributed by atoms with Crippen molar-refractivity contribution in [2.45, 2.75) is 25.0 Å². The summed E-state index contributed by atoms with van der Waals surface area (Å²) in [6.07, 6.45) is -5.09. The zero-order valence-electron chi connectivity index (χ0n) is 8.89. The van der Waals surface area contributed by atoms with Crippen LogP contribution in [-0.2, 0) is 19.2 Å². The maximum absolute atomic E-state index is 9.72. The van der Waals surface area contributed by atoms with E-state index >= 15 is 0 Å². The van der Waals surface area contributed by atoms with Crippen molar-refractivity contribution in [3.05, 3.63) is 0 Å². The minimum absolute atomic E-state index is 0.755. The first kappa shape index (κ1) is 18.2. The maximum Gasteiger partial charge on any atom is 0.333 e. The molecule has 0 aromatic carbocycles. The molecule has 104 valence electrons. The number of carboxylic acids is 4. The van der Waals surface area contributed by atoms with Crippen molar-refractivity contribution in [3.8, 4) is 0 Å². The van der Waals surface area contributed by atoms with Crippen LogP contribution in [0.15, 0.2) is 0 Å². The lowest BCUT2D eigenvalue weighted by Crippen LogP contribution is -2.22. The van der Waals surface area contributed by atoms with Crippen LogP contribution in [0.25, 0.3) is 0 Å². The highest BCUT2D eigenvalue weighted by molar-refractivity contribution is 5.79. The van der Waals surface area contributed by atoms with Crippen molar-refractivity contribution in [1.82, 2.24) is 0 Å². The Morgan fingerprint density at radius 1 is 0.667 bits per heavy atom. The van der Waals surface area contributed by atoms with Gasteiger partial charge in [-0.1, -0.05) is 0 Å². The van der Waals surface area contributed by atoms with Crippen LogP contribution >= 0.6 is 0 Å². The largest absolute Gasteiger partial charge is 0.481 e. The number of aliphatic carboxylic acids is 4. The van der Waals surface area contributed by atoms with Gasteiger partial charge < -0.3 is 30.6 Å². The molecule has 10 nitrogen and oxygen atoms in total. The molecule has 0 aliphatic carbocycles. The summed E-state index contributed by atoms with van der Waals surface area (Å²) in [5, 5.41) is 48.3. The lowest BCUT2D eigenvalue weighted by Gasteiger charge is -1.97.